The van der Waals surface area contributed by atoms with Gasteiger partial charge in [0.15, 0.2) is 0 Å². The summed E-state index contributed by atoms with van der Waals surface area (Å²) in [6, 6.07) is 5.90. The average molecular weight is 390 g/mol. The molecule has 1 aliphatic heterocycles. The molecular formula is C21H22N6O2. The van der Waals surface area contributed by atoms with Crippen LogP contribution in [0.2, 0.25) is 0 Å². The van der Waals surface area contributed by atoms with Crippen molar-refractivity contribution in [2.45, 2.75) is 32.8 Å². The molecule has 4 aromatic heterocycles. The van der Waals surface area contributed by atoms with Crippen LogP contribution in [-0.2, 0) is 4.74 Å². The van der Waals surface area contributed by atoms with E-state index in [4.69, 9.17) is 9.47 Å². The van der Waals surface area contributed by atoms with E-state index in [1.54, 1.807) is 12.4 Å². The van der Waals surface area contributed by atoms with Gasteiger partial charge >= 0.3 is 0 Å². The zero-order valence-corrected chi connectivity index (χ0v) is 16.4. The highest BCUT2D eigenvalue weighted by molar-refractivity contribution is 5.96. The van der Waals surface area contributed by atoms with Gasteiger partial charge in [-0.3, -0.25) is 15.2 Å². The average Bonchev–Trinajstić information content (AvgIpc) is 3.33. The van der Waals surface area contributed by atoms with Gasteiger partial charge in [0.05, 0.1) is 35.5 Å². The molecule has 0 radical (unpaired) electrons. The molecular weight excluding hydrogens is 368 g/mol. The first-order valence-electron chi connectivity index (χ1n) is 9.76. The van der Waals surface area contributed by atoms with E-state index < -0.39 is 0 Å². The summed E-state index contributed by atoms with van der Waals surface area (Å²) in [5.41, 5.74) is 6.44. The second kappa shape index (κ2) is 7.29. The lowest BCUT2D eigenvalue weighted by atomic mass is 10.0. The summed E-state index contributed by atoms with van der Waals surface area (Å²) in [6.45, 7) is 5.41. The number of pyridine rings is 2. The van der Waals surface area contributed by atoms with Crippen LogP contribution < -0.4 is 4.74 Å². The number of aromatic nitrogens is 6. The molecule has 0 saturated carbocycles. The summed E-state index contributed by atoms with van der Waals surface area (Å²) in [6.07, 6.45) is 5.38. The summed E-state index contributed by atoms with van der Waals surface area (Å²) in [5.74, 6) is 0.604. The van der Waals surface area contributed by atoms with Crippen molar-refractivity contribution in [1.29, 1.82) is 0 Å². The Bertz CT molecular complexity index is 1140. The third-order valence-corrected chi connectivity index (χ3v) is 5.31. The molecule has 8 heteroatoms. The number of nitrogens with one attached hydrogen (secondary N) is 2. The van der Waals surface area contributed by atoms with Crippen LogP contribution in [-0.4, -0.2) is 49.7 Å². The minimum Gasteiger partial charge on any atom is -0.474 e. The third-order valence-electron chi connectivity index (χ3n) is 5.31. The number of rotatable bonds is 4. The molecule has 0 atom stereocenters. The molecule has 148 valence electrons. The lowest BCUT2D eigenvalue weighted by molar-refractivity contribution is 0.0244. The van der Waals surface area contributed by atoms with Crippen molar-refractivity contribution in [3.63, 3.8) is 0 Å². The van der Waals surface area contributed by atoms with Gasteiger partial charge in [0.2, 0.25) is 5.88 Å². The van der Waals surface area contributed by atoms with Crippen LogP contribution in [0.5, 0.6) is 5.88 Å². The lowest BCUT2D eigenvalue weighted by Crippen LogP contribution is -2.26. The summed E-state index contributed by atoms with van der Waals surface area (Å²) in [7, 11) is 0. The maximum atomic E-state index is 6.25. The van der Waals surface area contributed by atoms with Crippen molar-refractivity contribution in [2.75, 3.05) is 13.2 Å². The fourth-order valence-corrected chi connectivity index (χ4v) is 3.83. The van der Waals surface area contributed by atoms with Crippen LogP contribution in [0.3, 0.4) is 0 Å². The second-order valence-electron chi connectivity index (χ2n) is 7.28. The van der Waals surface area contributed by atoms with Crippen molar-refractivity contribution in [2.24, 2.45) is 0 Å². The van der Waals surface area contributed by atoms with Gasteiger partial charge in [-0.15, -0.1) is 0 Å². The highest BCUT2D eigenvalue weighted by Gasteiger charge is 2.21. The molecule has 1 saturated heterocycles. The Balaban J connectivity index is 1.58. The van der Waals surface area contributed by atoms with Crippen molar-refractivity contribution in [3.8, 4) is 28.4 Å². The van der Waals surface area contributed by atoms with Crippen LogP contribution in [0.1, 0.15) is 24.2 Å². The Hall–Kier alpha value is -3.26. The molecule has 1 fully saturated rings. The van der Waals surface area contributed by atoms with Crippen LogP contribution in [0, 0.1) is 13.8 Å². The van der Waals surface area contributed by atoms with Crippen molar-refractivity contribution < 1.29 is 9.47 Å². The van der Waals surface area contributed by atoms with Crippen LogP contribution >= 0.6 is 0 Å². The number of H-pyrrole nitrogens is 2. The first kappa shape index (κ1) is 17.8. The number of ether oxygens (including phenoxy) is 2. The van der Waals surface area contributed by atoms with Crippen LogP contribution in [0.4, 0.5) is 0 Å². The highest BCUT2D eigenvalue weighted by atomic mass is 16.5. The second-order valence-corrected chi connectivity index (χ2v) is 7.28. The quantitative estimate of drug-likeness (QED) is 0.552. The Labute approximate surface area is 167 Å². The number of nitrogens with zero attached hydrogens (tertiary/aromatic N) is 4. The first-order chi connectivity index (χ1) is 14.2. The normalized spacial score (nSPS) is 15.1. The zero-order valence-electron chi connectivity index (χ0n) is 16.4. The monoisotopic (exact) mass is 390 g/mol. The fraction of sp³-hybridized carbons (Fsp3) is 0.333. The summed E-state index contributed by atoms with van der Waals surface area (Å²) in [5, 5.41) is 15.9. The van der Waals surface area contributed by atoms with Gasteiger partial charge in [-0.05, 0) is 32.0 Å². The molecule has 4 aromatic rings. The van der Waals surface area contributed by atoms with E-state index in [1.165, 1.54) is 0 Å². The number of fused-ring (bicyclic) bond motifs is 1. The van der Waals surface area contributed by atoms with E-state index in [-0.39, 0.29) is 6.10 Å². The van der Waals surface area contributed by atoms with E-state index in [2.05, 4.69) is 30.4 Å². The van der Waals surface area contributed by atoms with Crippen molar-refractivity contribution in [1.82, 2.24) is 30.4 Å². The molecule has 5 heterocycles. The number of hydrogen-bond acceptors (Lipinski definition) is 6. The minimum absolute atomic E-state index is 0.105. The van der Waals surface area contributed by atoms with E-state index >= 15 is 0 Å². The van der Waals surface area contributed by atoms with Crippen LogP contribution in [0.25, 0.3) is 33.4 Å². The number of hydrogen-bond donors (Lipinski definition) is 2. The van der Waals surface area contributed by atoms with Gasteiger partial charge in [-0.1, -0.05) is 0 Å². The standard InChI is InChI=1S/C21H22N6O2/c1-12-18(13(2)25-24-12)17-11-14(3-7-22-17)20-19-16(26-27-20)4-8-23-21(19)29-15-5-9-28-10-6-15/h3-4,7-8,11,15H,5-6,9-10H2,1-2H3,(H,24,25)(H,26,27). The number of aryl methyl sites for hydroxylation is 2. The van der Waals surface area contributed by atoms with Crippen molar-refractivity contribution >= 4 is 10.9 Å². The van der Waals surface area contributed by atoms with Crippen molar-refractivity contribution in [3.05, 3.63) is 42.0 Å². The summed E-state index contributed by atoms with van der Waals surface area (Å²) >= 11 is 0. The molecule has 29 heavy (non-hydrogen) atoms. The predicted octanol–water partition coefficient (Wildman–Crippen LogP) is 3.58. The molecule has 2 N–H and O–H groups in total. The smallest absolute Gasteiger partial charge is 0.225 e. The molecule has 5 rings (SSSR count). The van der Waals surface area contributed by atoms with Gasteiger partial charge in [-0.25, -0.2) is 4.98 Å². The zero-order chi connectivity index (χ0) is 19.8. The van der Waals surface area contributed by atoms with Gasteiger partial charge in [-0.2, -0.15) is 10.2 Å². The van der Waals surface area contributed by atoms with Gasteiger partial charge in [0.1, 0.15) is 11.8 Å². The minimum atomic E-state index is 0.105. The Morgan fingerprint density at radius 3 is 2.66 bits per heavy atom. The Morgan fingerprint density at radius 1 is 1.03 bits per heavy atom. The Kier molecular flexibility index (Phi) is 4.48. The predicted molar refractivity (Wildman–Crippen MR) is 109 cm³/mol. The molecule has 0 aliphatic carbocycles. The summed E-state index contributed by atoms with van der Waals surface area (Å²) < 4.78 is 11.7. The first-order valence-corrected chi connectivity index (χ1v) is 9.76. The number of aromatic amines is 2. The molecule has 0 unspecified atom stereocenters. The molecule has 0 spiro atoms. The summed E-state index contributed by atoms with van der Waals surface area (Å²) in [4.78, 5) is 9.06. The van der Waals surface area contributed by atoms with E-state index in [9.17, 15) is 0 Å². The SMILES string of the molecule is Cc1n[nH]c(C)c1-c1cc(-c2n[nH]c3ccnc(OC4CCOCC4)c23)ccn1. The van der Waals surface area contributed by atoms with E-state index in [0.29, 0.717) is 5.88 Å². The van der Waals surface area contributed by atoms with Crippen LogP contribution in [0.15, 0.2) is 30.6 Å². The van der Waals surface area contributed by atoms with E-state index in [0.717, 1.165) is 70.9 Å². The van der Waals surface area contributed by atoms with Gasteiger partial charge < -0.3 is 9.47 Å². The topological polar surface area (TPSA) is 102 Å². The van der Waals surface area contributed by atoms with Gasteiger partial charge in [0.25, 0.3) is 0 Å². The lowest BCUT2D eigenvalue weighted by Gasteiger charge is -2.23. The molecule has 0 aromatic carbocycles. The highest BCUT2D eigenvalue weighted by Crippen LogP contribution is 2.35. The Morgan fingerprint density at radius 2 is 1.86 bits per heavy atom. The maximum Gasteiger partial charge on any atom is 0.225 e. The van der Waals surface area contributed by atoms with E-state index in [1.807, 2.05) is 32.0 Å². The van der Waals surface area contributed by atoms with Gasteiger partial charge in [0, 0.05) is 42.1 Å². The molecule has 1 aliphatic rings. The fourth-order valence-electron chi connectivity index (χ4n) is 3.83. The molecule has 0 amide bonds. The molecule has 0 bridgehead atoms. The largest absolute Gasteiger partial charge is 0.474 e. The maximum absolute atomic E-state index is 6.25. The molecule has 8 nitrogen and oxygen atoms in total. The third kappa shape index (κ3) is 3.25.